The summed E-state index contributed by atoms with van der Waals surface area (Å²) in [6.07, 6.45) is 7.43. The van der Waals surface area contributed by atoms with Crippen molar-refractivity contribution in [3.8, 4) is 0 Å². The van der Waals surface area contributed by atoms with Crippen LogP contribution in [-0.4, -0.2) is 69.5 Å². The molecule has 6 nitrogen and oxygen atoms in total. The predicted molar refractivity (Wildman–Crippen MR) is 118 cm³/mol. The minimum atomic E-state index is 0.312. The highest BCUT2D eigenvalue weighted by Gasteiger charge is 2.22. The summed E-state index contributed by atoms with van der Waals surface area (Å²) < 4.78 is 11.3. The van der Waals surface area contributed by atoms with E-state index in [-0.39, 0.29) is 0 Å². The van der Waals surface area contributed by atoms with Gasteiger partial charge in [-0.05, 0) is 44.2 Å². The Kier molecular flexibility index (Phi) is 9.76. The topological polar surface area (TPSA) is 58.1 Å². The molecular weight excluding hydrogens is 364 g/mol. The second kappa shape index (κ2) is 12.8. The molecule has 2 unspecified atom stereocenters. The van der Waals surface area contributed by atoms with Crippen LogP contribution in [0.3, 0.4) is 0 Å². The van der Waals surface area contributed by atoms with E-state index in [4.69, 9.17) is 9.47 Å². The van der Waals surface area contributed by atoms with E-state index in [1.807, 2.05) is 7.05 Å². The smallest absolute Gasteiger partial charge is 0.191 e. The lowest BCUT2D eigenvalue weighted by atomic mass is 10.0. The SMILES string of the molecule is CN=C(NCCCOCC1CCCO1)NCC1CCCCN1Cc1ccccc1. The zero-order valence-corrected chi connectivity index (χ0v) is 17.9. The van der Waals surface area contributed by atoms with Gasteiger partial charge in [-0.25, -0.2) is 0 Å². The molecule has 0 saturated carbocycles. The molecule has 1 aromatic rings. The number of guanidine groups is 1. The van der Waals surface area contributed by atoms with E-state index in [9.17, 15) is 0 Å². The van der Waals surface area contributed by atoms with E-state index in [1.54, 1.807) is 0 Å². The zero-order valence-electron chi connectivity index (χ0n) is 17.9. The van der Waals surface area contributed by atoms with E-state index in [0.29, 0.717) is 12.1 Å². The maximum Gasteiger partial charge on any atom is 0.191 e. The van der Waals surface area contributed by atoms with Crippen LogP contribution in [-0.2, 0) is 16.0 Å². The number of aliphatic imine (C=N–C) groups is 1. The summed E-state index contributed by atoms with van der Waals surface area (Å²) >= 11 is 0. The number of rotatable bonds is 10. The van der Waals surface area contributed by atoms with Gasteiger partial charge in [0, 0.05) is 45.9 Å². The van der Waals surface area contributed by atoms with Crippen molar-refractivity contribution in [3.63, 3.8) is 0 Å². The van der Waals surface area contributed by atoms with Crippen molar-refractivity contribution in [2.24, 2.45) is 4.99 Å². The first-order valence-corrected chi connectivity index (χ1v) is 11.3. The lowest BCUT2D eigenvalue weighted by Crippen LogP contribution is -2.49. The Bertz CT molecular complexity index is 590. The standard InChI is InChI=1S/C23H38N4O2/c1-24-23(25-13-8-15-28-19-22-12-7-16-29-22)26-17-21-11-5-6-14-27(21)18-20-9-3-2-4-10-20/h2-4,9-10,21-22H,5-8,11-19H2,1H3,(H2,24,25,26). The predicted octanol–water partition coefficient (Wildman–Crippen LogP) is 2.79. The van der Waals surface area contributed by atoms with Crippen LogP contribution >= 0.6 is 0 Å². The Morgan fingerprint density at radius 2 is 2.07 bits per heavy atom. The summed E-state index contributed by atoms with van der Waals surface area (Å²) in [4.78, 5) is 6.99. The summed E-state index contributed by atoms with van der Waals surface area (Å²) in [5.41, 5.74) is 1.39. The summed E-state index contributed by atoms with van der Waals surface area (Å²) in [6, 6.07) is 11.3. The van der Waals surface area contributed by atoms with Crippen LogP contribution in [0.5, 0.6) is 0 Å². The van der Waals surface area contributed by atoms with Crippen molar-refractivity contribution in [2.45, 2.75) is 57.2 Å². The molecule has 0 amide bonds. The fourth-order valence-corrected chi connectivity index (χ4v) is 4.12. The fraction of sp³-hybridized carbons (Fsp3) is 0.696. The third-order valence-corrected chi connectivity index (χ3v) is 5.79. The van der Waals surface area contributed by atoms with Crippen LogP contribution in [0.1, 0.15) is 44.1 Å². The lowest BCUT2D eigenvalue weighted by molar-refractivity contribution is 0.0168. The van der Waals surface area contributed by atoms with Crippen LogP contribution < -0.4 is 10.6 Å². The van der Waals surface area contributed by atoms with Gasteiger partial charge in [-0.15, -0.1) is 0 Å². The molecular formula is C23H38N4O2. The Morgan fingerprint density at radius 3 is 2.86 bits per heavy atom. The number of nitrogens with zero attached hydrogens (tertiary/aromatic N) is 2. The quantitative estimate of drug-likeness (QED) is 0.358. The molecule has 162 valence electrons. The average molecular weight is 403 g/mol. The van der Waals surface area contributed by atoms with Gasteiger partial charge < -0.3 is 20.1 Å². The number of piperidine rings is 1. The van der Waals surface area contributed by atoms with Crippen LogP contribution in [0.4, 0.5) is 0 Å². The van der Waals surface area contributed by atoms with E-state index in [1.165, 1.54) is 37.8 Å². The first kappa shape index (κ1) is 22.1. The van der Waals surface area contributed by atoms with Crippen molar-refractivity contribution in [3.05, 3.63) is 35.9 Å². The molecule has 2 aliphatic rings. The van der Waals surface area contributed by atoms with Crippen molar-refractivity contribution >= 4 is 5.96 Å². The molecule has 3 rings (SSSR count). The number of nitrogens with one attached hydrogen (secondary N) is 2. The number of hydrogen-bond acceptors (Lipinski definition) is 4. The summed E-state index contributed by atoms with van der Waals surface area (Å²) in [5, 5.41) is 6.94. The van der Waals surface area contributed by atoms with E-state index >= 15 is 0 Å². The summed E-state index contributed by atoms with van der Waals surface area (Å²) in [5.74, 6) is 0.884. The third-order valence-electron chi connectivity index (χ3n) is 5.79. The Hall–Kier alpha value is -1.63. The van der Waals surface area contributed by atoms with Crippen molar-refractivity contribution < 1.29 is 9.47 Å². The number of benzene rings is 1. The van der Waals surface area contributed by atoms with Gasteiger partial charge in [-0.3, -0.25) is 9.89 Å². The third kappa shape index (κ3) is 7.96. The first-order chi connectivity index (χ1) is 14.3. The Morgan fingerprint density at radius 1 is 1.17 bits per heavy atom. The molecule has 2 atom stereocenters. The maximum atomic E-state index is 5.73. The van der Waals surface area contributed by atoms with Crippen LogP contribution in [0.2, 0.25) is 0 Å². The molecule has 2 N–H and O–H groups in total. The zero-order chi connectivity index (χ0) is 20.2. The van der Waals surface area contributed by atoms with Gasteiger partial charge in [0.1, 0.15) is 0 Å². The molecule has 0 spiro atoms. The van der Waals surface area contributed by atoms with Gasteiger partial charge in [0.2, 0.25) is 0 Å². The van der Waals surface area contributed by atoms with E-state index in [2.05, 4.69) is 50.9 Å². The Labute approximate surface area is 176 Å². The van der Waals surface area contributed by atoms with E-state index in [0.717, 1.165) is 58.3 Å². The molecule has 2 aliphatic heterocycles. The molecule has 6 heteroatoms. The fourth-order valence-electron chi connectivity index (χ4n) is 4.12. The van der Waals surface area contributed by atoms with Gasteiger partial charge in [0.25, 0.3) is 0 Å². The van der Waals surface area contributed by atoms with Gasteiger partial charge >= 0.3 is 0 Å². The van der Waals surface area contributed by atoms with Crippen LogP contribution in [0, 0.1) is 0 Å². The van der Waals surface area contributed by atoms with Gasteiger partial charge in [0.05, 0.1) is 12.7 Å². The van der Waals surface area contributed by atoms with Crippen LogP contribution in [0.25, 0.3) is 0 Å². The molecule has 0 aromatic heterocycles. The van der Waals surface area contributed by atoms with Crippen molar-refractivity contribution in [2.75, 3.05) is 46.5 Å². The monoisotopic (exact) mass is 402 g/mol. The van der Waals surface area contributed by atoms with E-state index < -0.39 is 0 Å². The van der Waals surface area contributed by atoms with Crippen LogP contribution in [0.15, 0.2) is 35.3 Å². The second-order valence-corrected chi connectivity index (χ2v) is 8.05. The number of likely N-dealkylation sites (tertiary alicyclic amines) is 1. The second-order valence-electron chi connectivity index (χ2n) is 8.05. The molecule has 2 heterocycles. The molecule has 2 saturated heterocycles. The summed E-state index contributed by atoms with van der Waals surface area (Å²) in [7, 11) is 1.84. The number of hydrogen-bond donors (Lipinski definition) is 2. The molecule has 0 aliphatic carbocycles. The van der Waals surface area contributed by atoms with Gasteiger partial charge in [-0.2, -0.15) is 0 Å². The molecule has 1 aromatic carbocycles. The van der Waals surface area contributed by atoms with Gasteiger partial charge in [-0.1, -0.05) is 36.8 Å². The highest BCUT2D eigenvalue weighted by molar-refractivity contribution is 5.79. The average Bonchev–Trinajstić information content (AvgIpc) is 3.28. The van der Waals surface area contributed by atoms with Crippen molar-refractivity contribution in [1.29, 1.82) is 0 Å². The number of ether oxygens (including phenoxy) is 2. The largest absolute Gasteiger partial charge is 0.379 e. The Balaban J connectivity index is 1.31. The molecule has 0 bridgehead atoms. The minimum absolute atomic E-state index is 0.312. The molecule has 0 radical (unpaired) electrons. The van der Waals surface area contributed by atoms with Crippen molar-refractivity contribution in [1.82, 2.24) is 15.5 Å². The highest BCUT2D eigenvalue weighted by atomic mass is 16.5. The first-order valence-electron chi connectivity index (χ1n) is 11.3. The van der Waals surface area contributed by atoms with Gasteiger partial charge in [0.15, 0.2) is 5.96 Å². The molecule has 29 heavy (non-hydrogen) atoms. The highest BCUT2D eigenvalue weighted by Crippen LogP contribution is 2.19. The molecule has 2 fully saturated rings. The maximum absolute atomic E-state index is 5.73. The minimum Gasteiger partial charge on any atom is -0.379 e. The normalized spacial score (nSPS) is 23.3. The lowest BCUT2D eigenvalue weighted by Gasteiger charge is -2.36. The summed E-state index contributed by atoms with van der Waals surface area (Å²) in [6.45, 7) is 6.38.